The zero-order chi connectivity index (χ0) is 92.2. The maximum atomic E-state index is 2.47. The van der Waals surface area contributed by atoms with Crippen molar-refractivity contribution in [2.24, 2.45) is 0 Å². The molecule has 0 fully saturated rings. The molecule has 140 heavy (non-hydrogen) atoms. The standard InChI is InChI=1S/C48H32N2.C46H30N2.C40H26N2/c1-5-15-33(16-6-1)36-25-26-44-42(32-36)48-46(49(44)39-21-11-4-12-22-39)28-27-45-47(48)41-23-13-14-24-43(41)50(45)40-30-37(34-17-7-2-8-18-34)29-38(31-40)35-19-9-3-10-20-35;1-3-13-31(14-4-1)35-27-36(32-15-5-2-6-16-32)30-38(29-35)48-42-22-12-10-20-40(42)46-44(48)26-25-43-45(46)39-19-9-11-21-41(39)47(43)37-24-23-33-17-7-8-18-34(33)28-37;1-2-10-27(11-3-1)29-18-21-31(22-19-29)41-35-16-8-6-14-33(35)39-37(41)24-25-38-40(39)34-15-7-9-17-36(34)42(38)32-23-20-28-12-4-5-13-30(28)26-32/h1-32H;1-30H;1-26H. The summed E-state index contributed by atoms with van der Waals surface area (Å²) in [7, 11) is 0. The molecule has 654 valence electrons. The Morgan fingerprint density at radius 3 is 0.621 bits per heavy atom. The van der Waals surface area contributed by atoms with Crippen molar-refractivity contribution in [3.63, 3.8) is 0 Å². The third-order valence-corrected chi connectivity index (χ3v) is 28.6. The fourth-order valence-corrected chi connectivity index (χ4v) is 22.4. The minimum atomic E-state index is 1.15. The Morgan fingerprint density at radius 2 is 0.300 bits per heavy atom. The van der Waals surface area contributed by atoms with Crippen LogP contribution in [0.3, 0.4) is 0 Å². The number of hydrogen-bond donors (Lipinski definition) is 0. The first-order chi connectivity index (χ1) is 69.5. The summed E-state index contributed by atoms with van der Waals surface area (Å²) < 4.78 is 14.6. The van der Waals surface area contributed by atoms with Crippen LogP contribution >= 0.6 is 0 Å². The van der Waals surface area contributed by atoms with Crippen molar-refractivity contribution in [2.45, 2.75) is 0 Å². The fraction of sp³-hybridized carbons (Fsp3) is 0. The van der Waals surface area contributed by atoms with Crippen LogP contribution in [0.4, 0.5) is 0 Å². The van der Waals surface area contributed by atoms with Crippen molar-refractivity contribution in [1.29, 1.82) is 0 Å². The molecule has 0 aliphatic heterocycles. The van der Waals surface area contributed by atoms with Gasteiger partial charge in [0.05, 0.1) is 66.2 Å². The van der Waals surface area contributed by atoms with Crippen LogP contribution in [0.2, 0.25) is 0 Å². The monoisotopic (exact) mass is 1780 g/mol. The summed E-state index contributed by atoms with van der Waals surface area (Å²) in [6.45, 7) is 0. The molecule has 0 atom stereocenters. The van der Waals surface area contributed by atoms with Crippen molar-refractivity contribution in [3.8, 4) is 101 Å². The third kappa shape index (κ3) is 13.6. The number of rotatable bonds is 12. The predicted octanol–water partition coefficient (Wildman–Crippen LogP) is 36.0. The van der Waals surface area contributed by atoms with Gasteiger partial charge < -0.3 is 27.4 Å². The van der Waals surface area contributed by atoms with Crippen molar-refractivity contribution in [3.05, 3.63) is 534 Å². The van der Waals surface area contributed by atoms with Gasteiger partial charge in [0.15, 0.2) is 0 Å². The normalized spacial score (nSPS) is 11.7. The molecule has 23 aromatic carbocycles. The summed E-state index contributed by atoms with van der Waals surface area (Å²) in [5.41, 5.74) is 36.0. The zero-order valence-electron chi connectivity index (χ0n) is 76.5. The van der Waals surface area contributed by atoms with E-state index in [1.165, 1.54) is 236 Å². The average Bonchev–Trinajstić information content (AvgIpc) is 1.55. The summed E-state index contributed by atoms with van der Waals surface area (Å²) in [6.07, 6.45) is 0. The number of benzene rings is 23. The molecule has 0 amide bonds. The third-order valence-electron chi connectivity index (χ3n) is 28.6. The lowest BCUT2D eigenvalue weighted by Gasteiger charge is -2.14. The Morgan fingerprint density at radius 1 is 0.0929 bits per heavy atom. The van der Waals surface area contributed by atoms with Crippen LogP contribution in [0.25, 0.3) is 253 Å². The van der Waals surface area contributed by atoms with Gasteiger partial charge in [-0.2, -0.15) is 0 Å². The Kier molecular flexibility index (Phi) is 19.5. The maximum absolute atomic E-state index is 2.47. The van der Waals surface area contributed by atoms with E-state index in [0.717, 1.165) is 17.1 Å². The van der Waals surface area contributed by atoms with Gasteiger partial charge in [0.2, 0.25) is 0 Å². The second kappa shape index (κ2) is 33.8. The van der Waals surface area contributed by atoms with Crippen LogP contribution in [-0.2, 0) is 0 Å². The first-order valence-corrected chi connectivity index (χ1v) is 48.2. The number of para-hydroxylation sites is 6. The van der Waals surface area contributed by atoms with Gasteiger partial charge in [-0.05, 0) is 252 Å². The number of hydrogen-bond acceptors (Lipinski definition) is 0. The molecule has 0 N–H and O–H groups in total. The second-order valence-corrected chi connectivity index (χ2v) is 36.6. The summed E-state index contributed by atoms with van der Waals surface area (Å²) >= 11 is 0. The van der Waals surface area contributed by atoms with E-state index in [2.05, 4.69) is 561 Å². The SMILES string of the molecule is c1ccc(-c2cc(-c3ccccc3)cc(-n3c4ccccc4c4c5c6cc(-c7ccccc7)ccc6n(-c6ccccc6)c5ccc43)c2)cc1.c1ccc(-c2cc(-c3ccccc3)cc(-n3c4ccccc4c4c5c6ccccc6n(-c6ccc7ccccc7c6)c5ccc43)c2)cc1.c1ccc(-c2ccc(-n3c4ccccc4c4c5c6ccccc6n(-c6ccc7ccccc7c6)c5ccc43)cc2)cc1. The lowest BCUT2D eigenvalue weighted by Crippen LogP contribution is -1.96. The molecule has 6 heterocycles. The van der Waals surface area contributed by atoms with E-state index < -0.39 is 0 Å². The van der Waals surface area contributed by atoms with Gasteiger partial charge in [0.25, 0.3) is 0 Å². The first-order valence-electron chi connectivity index (χ1n) is 48.2. The summed E-state index contributed by atoms with van der Waals surface area (Å²) in [5, 5.41) is 20.3. The van der Waals surface area contributed by atoms with Gasteiger partial charge in [0, 0.05) is 98.8 Å². The zero-order valence-corrected chi connectivity index (χ0v) is 76.5. The second-order valence-electron chi connectivity index (χ2n) is 36.6. The van der Waals surface area contributed by atoms with Gasteiger partial charge in [-0.15, -0.1) is 0 Å². The van der Waals surface area contributed by atoms with Crippen LogP contribution in [0.15, 0.2) is 534 Å². The molecule has 0 bridgehead atoms. The average molecular weight is 1780 g/mol. The van der Waals surface area contributed by atoms with Gasteiger partial charge in [-0.1, -0.05) is 370 Å². The number of fused-ring (bicyclic) bond motifs is 23. The molecule has 6 nitrogen and oxygen atoms in total. The molecule has 0 unspecified atom stereocenters. The molecule has 0 spiro atoms. The fourth-order valence-electron chi connectivity index (χ4n) is 22.4. The molecule has 6 aromatic heterocycles. The topological polar surface area (TPSA) is 29.6 Å². The molecule has 0 aliphatic rings. The van der Waals surface area contributed by atoms with E-state index in [1.807, 2.05) is 0 Å². The molecule has 0 saturated carbocycles. The Hall–Kier alpha value is -18.6. The summed E-state index contributed by atoms with van der Waals surface area (Å²) in [5.74, 6) is 0. The van der Waals surface area contributed by atoms with E-state index in [9.17, 15) is 0 Å². The van der Waals surface area contributed by atoms with Gasteiger partial charge >= 0.3 is 0 Å². The minimum absolute atomic E-state index is 1.15. The molecule has 0 aliphatic carbocycles. The van der Waals surface area contributed by atoms with Crippen molar-refractivity contribution >= 4 is 152 Å². The van der Waals surface area contributed by atoms with Gasteiger partial charge in [-0.3, -0.25) is 0 Å². The van der Waals surface area contributed by atoms with Crippen LogP contribution in [0.1, 0.15) is 0 Å². The molecule has 6 heteroatoms. The molecule has 0 radical (unpaired) electrons. The van der Waals surface area contributed by atoms with E-state index >= 15 is 0 Å². The quantitative estimate of drug-likeness (QED) is 0.117. The molecular weight excluding hydrogens is 1690 g/mol. The Balaban J connectivity index is 0.000000106. The maximum Gasteiger partial charge on any atom is 0.0548 e. The van der Waals surface area contributed by atoms with Crippen LogP contribution in [0, 0.1) is 0 Å². The number of nitrogens with zero attached hydrogens (tertiary/aromatic N) is 6. The summed E-state index contributed by atoms with van der Waals surface area (Å²) in [4.78, 5) is 0. The van der Waals surface area contributed by atoms with Crippen molar-refractivity contribution in [2.75, 3.05) is 0 Å². The highest BCUT2D eigenvalue weighted by Crippen LogP contribution is 2.49. The van der Waals surface area contributed by atoms with Crippen LogP contribution < -0.4 is 0 Å². The van der Waals surface area contributed by atoms with Gasteiger partial charge in [0.1, 0.15) is 0 Å². The molecular formula is C134H88N6. The summed E-state index contributed by atoms with van der Waals surface area (Å²) in [6, 6.07) is 194. The van der Waals surface area contributed by atoms with E-state index in [4.69, 9.17) is 0 Å². The van der Waals surface area contributed by atoms with Crippen LogP contribution in [-0.4, -0.2) is 27.4 Å². The lowest BCUT2D eigenvalue weighted by molar-refractivity contribution is 1.17. The predicted molar refractivity (Wildman–Crippen MR) is 593 cm³/mol. The first kappa shape index (κ1) is 81.0. The highest BCUT2D eigenvalue weighted by Gasteiger charge is 2.27. The van der Waals surface area contributed by atoms with E-state index in [0.29, 0.717) is 0 Å². The molecule has 29 aromatic rings. The Bertz CT molecular complexity index is 9780. The van der Waals surface area contributed by atoms with E-state index in [-0.39, 0.29) is 0 Å². The van der Waals surface area contributed by atoms with Crippen molar-refractivity contribution in [1.82, 2.24) is 27.4 Å². The smallest absolute Gasteiger partial charge is 0.0548 e. The molecule has 29 rings (SSSR count). The van der Waals surface area contributed by atoms with Crippen LogP contribution in [0.5, 0.6) is 0 Å². The lowest BCUT2D eigenvalue weighted by atomic mass is 9.98. The number of aromatic nitrogens is 6. The highest BCUT2D eigenvalue weighted by molar-refractivity contribution is 6.32. The Labute approximate surface area is 808 Å². The minimum Gasteiger partial charge on any atom is -0.309 e. The van der Waals surface area contributed by atoms with Crippen molar-refractivity contribution < 1.29 is 0 Å². The largest absolute Gasteiger partial charge is 0.309 e. The van der Waals surface area contributed by atoms with Gasteiger partial charge in [-0.25, -0.2) is 0 Å². The highest BCUT2D eigenvalue weighted by atomic mass is 15.0. The van der Waals surface area contributed by atoms with E-state index in [1.54, 1.807) is 0 Å². The molecule has 0 saturated heterocycles.